The molecule has 0 aliphatic rings. The van der Waals surface area contributed by atoms with E-state index in [1.54, 1.807) is 5.10 Å². The fraction of sp³-hybridized carbons (Fsp3) is 0.292. The van der Waals surface area contributed by atoms with Crippen molar-refractivity contribution in [2.45, 2.75) is 44.7 Å². The van der Waals surface area contributed by atoms with Crippen LogP contribution in [-0.4, -0.2) is 42.0 Å². The first-order chi connectivity index (χ1) is 18.3. The van der Waals surface area contributed by atoms with Crippen molar-refractivity contribution >= 4 is 10.8 Å². The number of fused-ring (bicyclic) bond motifs is 1. The molecule has 0 aliphatic carbocycles. The smallest absolute Gasteiger partial charge is 0.425 e. The molecule has 0 amide bonds. The Morgan fingerprint density at radius 3 is 2.46 bits per heavy atom. The number of halogens is 6. The molecule has 2 unspecified atom stereocenters. The van der Waals surface area contributed by atoms with Gasteiger partial charge in [-0.3, -0.25) is 9.59 Å². The molecular formula is C24H19F6N5O4. The number of alkyl halides is 5. The Kier molecular flexibility index (Phi) is 7.72. The van der Waals surface area contributed by atoms with Crippen LogP contribution in [0.2, 0.25) is 0 Å². The van der Waals surface area contributed by atoms with Crippen molar-refractivity contribution in [2.75, 3.05) is 0 Å². The second kappa shape index (κ2) is 10.8. The first-order valence-corrected chi connectivity index (χ1v) is 11.3. The van der Waals surface area contributed by atoms with Gasteiger partial charge in [-0.25, -0.2) is 28.2 Å². The number of hydrogen-bond acceptors (Lipinski definition) is 7. The first kappa shape index (κ1) is 27.8. The highest BCUT2D eigenvalue weighted by Crippen LogP contribution is 2.33. The van der Waals surface area contributed by atoms with E-state index in [4.69, 9.17) is 4.74 Å². The van der Waals surface area contributed by atoms with Gasteiger partial charge < -0.3 is 14.4 Å². The molecule has 4 rings (SSSR count). The van der Waals surface area contributed by atoms with E-state index < -0.39 is 58.6 Å². The first-order valence-electron chi connectivity index (χ1n) is 11.3. The van der Waals surface area contributed by atoms with Crippen molar-refractivity contribution in [1.82, 2.24) is 24.7 Å². The lowest BCUT2D eigenvalue weighted by Gasteiger charge is -2.20. The molecule has 3 heterocycles. The van der Waals surface area contributed by atoms with Gasteiger partial charge in [-0.05, 0) is 30.5 Å². The third-order valence-corrected chi connectivity index (χ3v) is 5.67. The molecule has 1 aromatic carbocycles. The lowest BCUT2D eigenvalue weighted by atomic mass is 10.1. The van der Waals surface area contributed by atoms with Crippen molar-refractivity contribution < 1.29 is 36.2 Å². The molecule has 0 saturated carbocycles. The number of aliphatic hydroxyl groups excluding tert-OH is 1. The van der Waals surface area contributed by atoms with Crippen LogP contribution in [0.15, 0.2) is 52.6 Å². The Hall–Kier alpha value is -4.27. The second-order valence-electron chi connectivity index (χ2n) is 8.59. The maximum Gasteiger partial charge on any atom is 0.425 e. The normalized spacial score (nSPS) is 13.6. The van der Waals surface area contributed by atoms with Crippen LogP contribution in [0.4, 0.5) is 26.3 Å². The van der Waals surface area contributed by atoms with Gasteiger partial charge in [0.1, 0.15) is 5.82 Å². The second-order valence-corrected chi connectivity index (χ2v) is 8.59. The van der Waals surface area contributed by atoms with Crippen LogP contribution in [-0.2, 0) is 12.7 Å². The highest BCUT2D eigenvalue weighted by molar-refractivity contribution is 5.85. The maximum absolute atomic E-state index is 14.8. The van der Waals surface area contributed by atoms with Gasteiger partial charge in [0.15, 0.2) is 17.1 Å². The number of aliphatic hydroxyl groups is 1. The number of aromatic amines is 1. The number of aromatic nitrogens is 5. The number of hydrogen-bond donors (Lipinski definition) is 2. The van der Waals surface area contributed by atoms with E-state index in [9.17, 15) is 41.0 Å². The standard InChI is InChI=1S/C24H19F6N5O4/c1-11(39-18-9-33-34-22(37)19(18)24(28,29)30)4-14(36)10-35-3-2-12-5-16(17(25)6-15(12)23(35)38)21-31-7-13(8-32-21)20(26)27/h2-3,5-9,11,14,20,36H,4,10H2,1H3,(H,34,37). The van der Waals surface area contributed by atoms with Crippen LogP contribution in [0, 0.1) is 5.82 Å². The largest absolute Gasteiger partial charge is 0.488 e. The molecule has 2 atom stereocenters. The van der Waals surface area contributed by atoms with Gasteiger partial charge in [-0.15, -0.1) is 0 Å². The van der Waals surface area contributed by atoms with Crippen LogP contribution in [0.1, 0.15) is 30.9 Å². The molecule has 0 radical (unpaired) electrons. The van der Waals surface area contributed by atoms with Gasteiger partial charge in [0.25, 0.3) is 17.5 Å². The van der Waals surface area contributed by atoms with Crippen LogP contribution in [0.3, 0.4) is 0 Å². The Bertz CT molecular complexity index is 1600. The Balaban J connectivity index is 1.51. The van der Waals surface area contributed by atoms with E-state index in [-0.39, 0.29) is 29.7 Å². The van der Waals surface area contributed by atoms with Crippen molar-refractivity contribution in [3.63, 3.8) is 0 Å². The summed E-state index contributed by atoms with van der Waals surface area (Å²) in [6.07, 6.45) is -6.55. The number of rotatable bonds is 8. The maximum atomic E-state index is 14.8. The van der Waals surface area contributed by atoms with Crippen molar-refractivity contribution in [3.05, 3.63) is 80.6 Å². The Morgan fingerprint density at radius 2 is 1.82 bits per heavy atom. The average Bonchev–Trinajstić information content (AvgIpc) is 2.85. The predicted molar refractivity (Wildman–Crippen MR) is 125 cm³/mol. The third kappa shape index (κ3) is 6.08. The molecule has 9 nitrogen and oxygen atoms in total. The molecule has 0 saturated heterocycles. The predicted octanol–water partition coefficient (Wildman–Crippen LogP) is 3.86. The van der Waals surface area contributed by atoms with E-state index in [0.717, 1.165) is 23.0 Å². The summed E-state index contributed by atoms with van der Waals surface area (Å²) >= 11 is 0. The molecule has 3 aromatic heterocycles. The highest BCUT2D eigenvalue weighted by atomic mass is 19.4. The van der Waals surface area contributed by atoms with E-state index in [1.807, 2.05) is 0 Å². The number of nitrogens with zero attached hydrogens (tertiary/aromatic N) is 4. The van der Waals surface area contributed by atoms with E-state index in [0.29, 0.717) is 11.6 Å². The molecule has 0 fully saturated rings. The SMILES string of the molecule is CC(CC(O)Cn1ccc2cc(-c3ncc(C(F)F)cn3)c(F)cc2c1=O)Oc1cn[nH]c(=O)c1C(F)(F)F. The zero-order valence-corrected chi connectivity index (χ0v) is 19.9. The Morgan fingerprint density at radius 1 is 1.13 bits per heavy atom. The summed E-state index contributed by atoms with van der Waals surface area (Å²) in [7, 11) is 0. The Labute approximate surface area is 214 Å². The summed E-state index contributed by atoms with van der Waals surface area (Å²) in [6, 6.07) is 3.68. The van der Waals surface area contributed by atoms with Crippen LogP contribution >= 0.6 is 0 Å². The van der Waals surface area contributed by atoms with Crippen molar-refractivity contribution in [2.24, 2.45) is 0 Å². The molecule has 0 aliphatic heterocycles. The minimum Gasteiger partial charge on any atom is -0.488 e. The lowest BCUT2D eigenvalue weighted by molar-refractivity contribution is -0.140. The topological polar surface area (TPSA) is 123 Å². The summed E-state index contributed by atoms with van der Waals surface area (Å²) in [4.78, 5) is 32.0. The lowest BCUT2D eigenvalue weighted by Crippen LogP contribution is -2.31. The summed E-state index contributed by atoms with van der Waals surface area (Å²) in [6.45, 7) is 1.06. The van der Waals surface area contributed by atoms with Gasteiger partial charge >= 0.3 is 6.18 Å². The van der Waals surface area contributed by atoms with Gasteiger partial charge in [0.05, 0.1) is 41.5 Å². The summed E-state index contributed by atoms with van der Waals surface area (Å²) in [5.74, 6) is -1.85. The van der Waals surface area contributed by atoms with Crippen LogP contribution in [0.5, 0.6) is 5.75 Å². The van der Waals surface area contributed by atoms with Gasteiger partial charge in [0.2, 0.25) is 0 Å². The molecule has 39 heavy (non-hydrogen) atoms. The molecule has 15 heteroatoms. The monoisotopic (exact) mass is 555 g/mol. The number of pyridine rings is 1. The van der Waals surface area contributed by atoms with E-state index in [2.05, 4.69) is 15.1 Å². The van der Waals surface area contributed by atoms with Crippen molar-refractivity contribution in [1.29, 1.82) is 0 Å². The minimum absolute atomic E-state index is 0.0520. The number of ether oxygens (including phenoxy) is 1. The fourth-order valence-corrected chi connectivity index (χ4v) is 3.90. The van der Waals surface area contributed by atoms with Crippen LogP contribution < -0.4 is 15.9 Å². The summed E-state index contributed by atoms with van der Waals surface area (Å²) in [5.41, 5.74) is -4.27. The molecule has 0 bridgehead atoms. The summed E-state index contributed by atoms with van der Waals surface area (Å²) in [5, 5.41) is 15.7. The molecule has 2 N–H and O–H groups in total. The molecular weight excluding hydrogens is 536 g/mol. The quantitative estimate of drug-likeness (QED) is 0.317. The fourth-order valence-electron chi connectivity index (χ4n) is 3.90. The van der Waals surface area contributed by atoms with E-state index >= 15 is 0 Å². The summed E-state index contributed by atoms with van der Waals surface area (Å²) < 4.78 is 86.2. The minimum atomic E-state index is -5.00. The van der Waals surface area contributed by atoms with Crippen LogP contribution in [0.25, 0.3) is 22.2 Å². The van der Waals surface area contributed by atoms with Gasteiger partial charge in [0, 0.05) is 25.0 Å². The highest BCUT2D eigenvalue weighted by Gasteiger charge is 2.38. The number of benzene rings is 1. The third-order valence-electron chi connectivity index (χ3n) is 5.67. The number of H-pyrrole nitrogens is 1. The average molecular weight is 555 g/mol. The van der Waals surface area contributed by atoms with E-state index in [1.165, 1.54) is 25.3 Å². The molecule has 0 spiro atoms. The van der Waals surface area contributed by atoms with Gasteiger partial charge in [-0.2, -0.15) is 18.3 Å². The number of nitrogens with one attached hydrogen (secondary N) is 1. The zero-order chi connectivity index (χ0) is 28.5. The van der Waals surface area contributed by atoms with Gasteiger partial charge in [-0.1, -0.05) is 0 Å². The molecule has 206 valence electrons. The molecule has 4 aromatic rings. The zero-order valence-electron chi connectivity index (χ0n) is 19.9. The van der Waals surface area contributed by atoms with Crippen molar-refractivity contribution in [3.8, 4) is 17.1 Å².